The van der Waals surface area contributed by atoms with Crippen LogP contribution in [-0.2, 0) is 10.2 Å². The van der Waals surface area contributed by atoms with Crippen LogP contribution in [0.15, 0.2) is 24.3 Å². The molecule has 6 heteroatoms. The Labute approximate surface area is 101 Å². The van der Waals surface area contributed by atoms with E-state index in [1.54, 1.807) is 0 Å². The molecule has 1 aromatic rings. The predicted octanol–water partition coefficient (Wildman–Crippen LogP) is 2.66. The third kappa shape index (κ3) is 1.99. The fourth-order valence-corrected chi connectivity index (χ4v) is 2.19. The second-order valence-electron chi connectivity index (χ2n) is 4.04. The van der Waals surface area contributed by atoms with Gasteiger partial charge in [-0.3, -0.25) is 4.79 Å². The van der Waals surface area contributed by atoms with E-state index in [1.165, 1.54) is 24.3 Å². The molecule has 1 aromatic carbocycles. The minimum atomic E-state index is -4.49. The van der Waals surface area contributed by atoms with Crippen LogP contribution in [0.4, 0.5) is 13.2 Å². The van der Waals surface area contributed by atoms with Crippen LogP contribution in [0, 0.1) is 0 Å². The molecule has 1 saturated heterocycles. The van der Waals surface area contributed by atoms with Gasteiger partial charge in [-0.25, -0.2) is 0 Å². The van der Waals surface area contributed by atoms with E-state index >= 15 is 0 Å². The largest absolute Gasteiger partial charge is 0.400 e. The summed E-state index contributed by atoms with van der Waals surface area (Å²) in [5, 5.41) is 2.46. The quantitative estimate of drug-likeness (QED) is 0.829. The molecule has 1 amide bonds. The van der Waals surface area contributed by atoms with Gasteiger partial charge in [0.05, 0.1) is 0 Å². The Balaban J connectivity index is 2.52. The molecule has 1 aliphatic heterocycles. The minimum Gasteiger partial charge on any atom is -0.355 e. The van der Waals surface area contributed by atoms with Gasteiger partial charge in [0.25, 0.3) is 0 Å². The van der Waals surface area contributed by atoms with Crippen molar-refractivity contribution < 1.29 is 18.0 Å². The van der Waals surface area contributed by atoms with Crippen molar-refractivity contribution in [3.8, 4) is 0 Å². The number of carbonyl (C=O) groups excluding carboxylic acids is 1. The van der Waals surface area contributed by atoms with Crippen LogP contribution in [0.3, 0.4) is 0 Å². The summed E-state index contributed by atoms with van der Waals surface area (Å²) in [7, 11) is 0. The van der Waals surface area contributed by atoms with Crippen molar-refractivity contribution in [3.05, 3.63) is 34.9 Å². The molecule has 17 heavy (non-hydrogen) atoms. The van der Waals surface area contributed by atoms with Gasteiger partial charge in [0, 0.05) is 18.0 Å². The smallest absolute Gasteiger partial charge is 0.355 e. The van der Waals surface area contributed by atoms with Gasteiger partial charge in [-0.2, -0.15) is 13.2 Å². The lowest BCUT2D eigenvalue weighted by atomic mass is 9.79. The molecule has 1 aliphatic rings. The Morgan fingerprint density at radius 1 is 1.35 bits per heavy atom. The molecule has 0 spiro atoms. The molecule has 0 bridgehead atoms. The van der Waals surface area contributed by atoms with Gasteiger partial charge in [-0.05, 0) is 17.7 Å². The van der Waals surface area contributed by atoms with E-state index in [0.29, 0.717) is 0 Å². The summed E-state index contributed by atoms with van der Waals surface area (Å²) in [6.07, 6.45) is -5.08. The van der Waals surface area contributed by atoms with Crippen molar-refractivity contribution in [1.82, 2.24) is 5.32 Å². The Morgan fingerprint density at radius 3 is 2.53 bits per heavy atom. The van der Waals surface area contributed by atoms with E-state index in [0.717, 1.165) is 0 Å². The van der Waals surface area contributed by atoms with Crippen molar-refractivity contribution in [2.75, 3.05) is 6.54 Å². The number of hydrogen-bond acceptors (Lipinski definition) is 1. The van der Waals surface area contributed by atoms with Crippen LogP contribution in [0.5, 0.6) is 0 Å². The fraction of sp³-hybridized carbons (Fsp3) is 0.364. The van der Waals surface area contributed by atoms with Crippen molar-refractivity contribution in [2.45, 2.75) is 18.0 Å². The SMILES string of the molecule is O=C1CC(c2cccc(Cl)c2)(C(F)(F)F)CN1. The lowest BCUT2D eigenvalue weighted by Gasteiger charge is -2.30. The lowest BCUT2D eigenvalue weighted by molar-refractivity contribution is -0.185. The summed E-state index contributed by atoms with van der Waals surface area (Å²) in [5.74, 6) is -0.595. The van der Waals surface area contributed by atoms with Crippen LogP contribution in [0.1, 0.15) is 12.0 Å². The maximum Gasteiger partial charge on any atom is 0.400 e. The molecule has 1 N–H and O–H groups in total. The summed E-state index contributed by atoms with van der Waals surface area (Å²) in [5.41, 5.74) is -2.13. The van der Waals surface area contributed by atoms with Gasteiger partial charge in [0.15, 0.2) is 0 Å². The zero-order valence-corrected chi connectivity index (χ0v) is 9.40. The summed E-state index contributed by atoms with van der Waals surface area (Å²) in [6, 6.07) is 5.56. The first kappa shape index (κ1) is 12.2. The van der Waals surface area contributed by atoms with E-state index in [4.69, 9.17) is 11.6 Å². The van der Waals surface area contributed by atoms with Gasteiger partial charge in [-0.1, -0.05) is 23.7 Å². The molecule has 0 saturated carbocycles. The molecule has 2 rings (SSSR count). The van der Waals surface area contributed by atoms with Crippen LogP contribution < -0.4 is 5.32 Å². The minimum absolute atomic E-state index is 0.0239. The summed E-state index contributed by atoms with van der Waals surface area (Å²) in [4.78, 5) is 11.1. The summed E-state index contributed by atoms with van der Waals surface area (Å²) in [6.45, 7) is -0.435. The lowest BCUT2D eigenvalue weighted by Crippen LogP contribution is -2.44. The van der Waals surface area contributed by atoms with Crippen LogP contribution in [0.2, 0.25) is 5.02 Å². The number of hydrogen-bond donors (Lipinski definition) is 1. The zero-order valence-electron chi connectivity index (χ0n) is 8.64. The van der Waals surface area contributed by atoms with Crippen molar-refractivity contribution in [1.29, 1.82) is 0 Å². The molecular formula is C11H9ClF3NO. The van der Waals surface area contributed by atoms with E-state index in [-0.39, 0.29) is 10.6 Å². The topological polar surface area (TPSA) is 29.1 Å². The molecule has 2 nitrogen and oxygen atoms in total. The molecule has 0 aliphatic carbocycles. The highest BCUT2D eigenvalue weighted by molar-refractivity contribution is 6.30. The van der Waals surface area contributed by atoms with Gasteiger partial charge >= 0.3 is 6.18 Å². The Bertz CT molecular complexity index is 460. The van der Waals surface area contributed by atoms with E-state index in [1.807, 2.05) is 0 Å². The average Bonchev–Trinajstić information content (AvgIpc) is 2.61. The number of alkyl halides is 3. The molecule has 1 fully saturated rings. The first-order valence-electron chi connectivity index (χ1n) is 4.95. The van der Waals surface area contributed by atoms with Gasteiger partial charge in [-0.15, -0.1) is 0 Å². The van der Waals surface area contributed by atoms with Crippen LogP contribution in [-0.4, -0.2) is 18.6 Å². The highest BCUT2D eigenvalue weighted by Gasteiger charge is 2.59. The molecule has 0 aromatic heterocycles. The third-order valence-corrected chi connectivity index (χ3v) is 3.20. The maximum atomic E-state index is 13.2. The van der Waals surface area contributed by atoms with Gasteiger partial charge in [0.2, 0.25) is 5.91 Å². The molecule has 0 radical (unpaired) electrons. The maximum absolute atomic E-state index is 13.2. The number of rotatable bonds is 1. The highest BCUT2D eigenvalue weighted by atomic mass is 35.5. The van der Waals surface area contributed by atoms with Gasteiger partial charge < -0.3 is 5.32 Å². The van der Waals surface area contributed by atoms with Crippen LogP contribution in [0.25, 0.3) is 0 Å². The standard InChI is InChI=1S/C11H9ClF3NO/c12-8-3-1-2-7(4-8)10(11(13,14)15)5-9(17)16-6-10/h1-4H,5-6H2,(H,16,17). The number of amides is 1. The molecule has 1 heterocycles. The Kier molecular flexibility index (Phi) is 2.81. The molecule has 92 valence electrons. The monoisotopic (exact) mass is 263 g/mol. The second kappa shape index (κ2) is 3.91. The Morgan fingerprint density at radius 2 is 2.06 bits per heavy atom. The summed E-state index contributed by atoms with van der Waals surface area (Å²) >= 11 is 5.70. The first-order chi connectivity index (χ1) is 7.85. The van der Waals surface area contributed by atoms with Crippen LogP contribution >= 0.6 is 11.6 Å². The van der Waals surface area contributed by atoms with Gasteiger partial charge in [0.1, 0.15) is 5.41 Å². The van der Waals surface area contributed by atoms with E-state index in [2.05, 4.69) is 5.32 Å². The third-order valence-electron chi connectivity index (χ3n) is 2.97. The van der Waals surface area contributed by atoms with Crippen molar-refractivity contribution in [2.24, 2.45) is 0 Å². The number of nitrogens with one attached hydrogen (secondary N) is 1. The van der Waals surface area contributed by atoms with Crippen molar-refractivity contribution >= 4 is 17.5 Å². The first-order valence-corrected chi connectivity index (χ1v) is 5.32. The fourth-order valence-electron chi connectivity index (χ4n) is 2.00. The summed E-state index contributed by atoms with van der Waals surface area (Å²) < 4.78 is 39.5. The second-order valence-corrected chi connectivity index (χ2v) is 4.48. The predicted molar refractivity (Wildman–Crippen MR) is 56.8 cm³/mol. The van der Waals surface area contributed by atoms with E-state index < -0.39 is 30.5 Å². The zero-order chi connectivity index (χ0) is 12.7. The molecule has 1 atom stereocenters. The Hall–Kier alpha value is -1.23. The van der Waals surface area contributed by atoms with Crippen molar-refractivity contribution in [3.63, 3.8) is 0 Å². The number of carbonyl (C=O) groups is 1. The van der Waals surface area contributed by atoms with E-state index in [9.17, 15) is 18.0 Å². The molecule has 1 unspecified atom stereocenters. The number of halogens is 4. The highest BCUT2D eigenvalue weighted by Crippen LogP contribution is 2.46. The molecular weight excluding hydrogens is 255 g/mol. The average molecular weight is 264 g/mol. The number of benzene rings is 1. The normalized spacial score (nSPS) is 24.8.